The van der Waals surface area contributed by atoms with Gasteiger partial charge in [0.2, 0.25) is 5.91 Å². The molecule has 1 aromatic heterocycles. The molecule has 1 aromatic carbocycles. The van der Waals surface area contributed by atoms with Crippen LogP contribution in [0.4, 0.5) is 5.69 Å². The Balaban J connectivity index is 2.08. The van der Waals surface area contributed by atoms with Crippen molar-refractivity contribution in [2.24, 2.45) is 0 Å². The second kappa shape index (κ2) is 8.86. The van der Waals surface area contributed by atoms with Gasteiger partial charge in [0.1, 0.15) is 11.1 Å². The molecule has 0 atom stereocenters. The maximum Gasteiger partial charge on any atom is 0.234 e. The van der Waals surface area contributed by atoms with E-state index in [1.54, 1.807) is 19.2 Å². The molecule has 130 valence electrons. The van der Waals surface area contributed by atoms with E-state index in [1.165, 1.54) is 11.8 Å². The molecule has 25 heavy (non-hydrogen) atoms. The smallest absolute Gasteiger partial charge is 0.234 e. The number of nitrogens with one attached hydrogen (secondary N) is 1. The fraction of sp³-hybridized carbons (Fsp3) is 0.278. The zero-order valence-electron chi connectivity index (χ0n) is 14.2. The number of anilines is 1. The highest BCUT2D eigenvalue weighted by molar-refractivity contribution is 8.00. The molecule has 0 bridgehead atoms. The normalized spacial score (nSPS) is 10.4. The van der Waals surface area contributed by atoms with E-state index in [1.807, 2.05) is 26.0 Å². The Kier molecular flexibility index (Phi) is 6.82. The average molecular weight is 376 g/mol. The number of hydrogen-bond acceptors (Lipinski definition) is 5. The molecule has 1 N–H and O–H groups in total. The van der Waals surface area contributed by atoms with Crippen LogP contribution in [-0.2, 0) is 16.1 Å². The van der Waals surface area contributed by atoms with Crippen molar-refractivity contribution in [3.8, 4) is 6.07 Å². The summed E-state index contributed by atoms with van der Waals surface area (Å²) in [6, 6.07) is 9.32. The Morgan fingerprint density at radius 2 is 2.16 bits per heavy atom. The second-order valence-electron chi connectivity index (χ2n) is 5.45. The number of methoxy groups -OCH3 is 1. The van der Waals surface area contributed by atoms with Gasteiger partial charge in [-0.25, -0.2) is 4.98 Å². The first kappa shape index (κ1) is 19.3. The van der Waals surface area contributed by atoms with E-state index in [0.29, 0.717) is 27.9 Å². The first-order chi connectivity index (χ1) is 11.9. The summed E-state index contributed by atoms with van der Waals surface area (Å²) < 4.78 is 5.13. The standard InChI is InChI=1S/C18H18ClN3O2S/c1-11-4-5-14(7-16(11)19)22-17(23)10-25-18-15(8-20)13(9-24-3)6-12(2)21-18/h4-7H,9-10H2,1-3H3,(H,22,23). The number of thioether (sulfide) groups is 1. The van der Waals surface area contributed by atoms with Gasteiger partial charge in [0.25, 0.3) is 0 Å². The van der Waals surface area contributed by atoms with Crippen LogP contribution in [0, 0.1) is 25.2 Å². The Labute approximate surface area is 156 Å². The van der Waals surface area contributed by atoms with Crippen molar-refractivity contribution in [3.05, 3.63) is 51.7 Å². The van der Waals surface area contributed by atoms with Crippen molar-refractivity contribution in [3.63, 3.8) is 0 Å². The van der Waals surface area contributed by atoms with Gasteiger partial charge in [-0.1, -0.05) is 29.4 Å². The maximum absolute atomic E-state index is 12.2. The van der Waals surface area contributed by atoms with Gasteiger partial charge < -0.3 is 10.1 Å². The Morgan fingerprint density at radius 3 is 2.80 bits per heavy atom. The lowest BCUT2D eigenvalue weighted by molar-refractivity contribution is -0.113. The third kappa shape index (κ3) is 5.20. The van der Waals surface area contributed by atoms with Gasteiger partial charge >= 0.3 is 0 Å². The number of carbonyl (C=O) groups excluding carboxylic acids is 1. The molecule has 0 aliphatic heterocycles. The predicted molar refractivity (Wildman–Crippen MR) is 99.9 cm³/mol. The van der Waals surface area contributed by atoms with Crippen molar-refractivity contribution in [1.82, 2.24) is 4.98 Å². The van der Waals surface area contributed by atoms with Crippen molar-refractivity contribution < 1.29 is 9.53 Å². The molecule has 2 aromatic rings. The number of ether oxygens (including phenoxy) is 1. The molecule has 0 aliphatic carbocycles. The van der Waals surface area contributed by atoms with Gasteiger partial charge in [-0.05, 0) is 43.2 Å². The van der Waals surface area contributed by atoms with Crippen LogP contribution in [-0.4, -0.2) is 23.8 Å². The number of aryl methyl sites for hydroxylation is 2. The number of aromatic nitrogens is 1. The van der Waals surface area contributed by atoms with Gasteiger partial charge in [0.15, 0.2) is 0 Å². The van der Waals surface area contributed by atoms with E-state index in [9.17, 15) is 10.1 Å². The number of carbonyl (C=O) groups is 1. The molecular formula is C18H18ClN3O2S. The summed E-state index contributed by atoms with van der Waals surface area (Å²) in [5, 5.41) is 13.3. The summed E-state index contributed by atoms with van der Waals surface area (Å²) in [6.45, 7) is 4.07. The number of hydrogen-bond donors (Lipinski definition) is 1. The van der Waals surface area contributed by atoms with E-state index < -0.39 is 0 Å². The number of pyridine rings is 1. The van der Waals surface area contributed by atoms with Crippen molar-refractivity contribution in [2.75, 3.05) is 18.2 Å². The summed E-state index contributed by atoms with van der Waals surface area (Å²) in [4.78, 5) is 16.5. The quantitative estimate of drug-likeness (QED) is 0.769. The van der Waals surface area contributed by atoms with E-state index in [-0.39, 0.29) is 11.7 Å². The van der Waals surface area contributed by atoms with E-state index in [2.05, 4.69) is 16.4 Å². The van der Waals surface area contributed by atoms with Gasteiger partial charge in [0.05, 0.1) is 17.9 Å². The predicted octanol–water partition coefficient (Wildman–Crippen LogP) is 4.10. The molecule has 2 rings (SSSR count). The molecule has 0 radical (unpaired) electrons. The van der Waals surface area contributed by atoms with E-state index >= 15 is 0 Å². The number of nitrogens with zero attached hydrogens (tertiary/aromatic N) is 2. The number of benzene rings is 1. The number of amides is 1. The molecular weight excluding hydrogens is 358 g/mol. The van der Waals surface area contributed by atoms with Gasteiger partial charge in [-0.15, -0.1) is 0 Å². The van der Waals surface area contributed by atoms with Crippen LogP contribution in [0.2, 0.25) is 5.02 Å². The van der Waals surface area contributed by atoms with Gasteiger partial charge in [0, 0.05) is 23.5 Å². The van der Waals surface area contributed by atoms with Crippen LogP contribution < -0.4 is 5.32 Å². The molecule has 0 aliphatic rings. The molecule has 0 fully saturated rings. The van der Waals surface area contributed by atoms with Crippen molar-refractivity contribution in [1.29, 1.82) is 5.26 Å². The lowest BCUT2D eigenvalue weighted by Crippen LogP contribution is -2.14. The van der Waals surface area contributed by atoms with Gasteiger partial charge in [-0.2, -0.15) is 5.26 Å². The highest BCUT2D eigenvalue weighted by Gasteiger charge is 2.14. The average Bonchev–Trinajstić information content (AvgIpc) is 2.56. The molecule has 7 heteroatoms. The minimum atomic E-state index is -0.189. The van der Waals surface area contributed by atoms with Crippen molar-refractivity contribution >= 4 is 35.0 Å². The van der Waals surface area contributed by atoms with Crippen LogP contribution in [0.1, 0.15) is 22.4 Å². The van der Waals surface area contributed by atoms with Crippen LogP contribution in [0.3, 0.4) is 0 Å². The fourth-order valence-electron chi connectivity index (χ4n) is 2.21. The SMILES string of the molecule is COCc1cc(C)nc(SCC(=O)Nc2ccc(C)c(Cl)c2)c1C#N. The van der Waals surface area contributed by atoms with Crippen LogP contribution >= 0.6 is 23.4 Å². The maximum atomic E-state index is 12.2. The lowest BCUT2D eigenvalue weighted by Gasteiger charge is -2.10. The summed E-state index contributed by atoms with van der Waals surface area (Å²) in [5.74, 6) is -0.0475. The summed E-state index contributed by atoms with van der Waals surface area (Å²) in [6.07, 6.45) is 0. The second-order valence-corrected chi connectivity index (χ2v) is 6.82. The fourth-order valence-corrected chi connectivity index (χ4v) is 3.26. The number of rotatable bonds is 6. The molecule has 0 unspecified atom stereocenters. The van der Waals surface area contributed by atoms with E-state index in [4.69, 9.17) is 16.3 Å². The molecule has 0 spiro atoms. The third-order valence-electron chi connectivity index (χ3n) is 3.40. The highest BCUT2D eigenvalue weighted by atomic mass is 35.5. The third-order valence-corrected chi connectivity index (χ3v) is 4.79. The molecule has 0 saturated heterocycles. The summed E-state index contributed by atoms with van der Waals surface area (Å²) >= 11 is 7.29. The van der Waals surface area contributed by atoms with Gasteiger partial charge in [-0.3, -0.25) is 4.79 Å². The number of nitriles is 1. The molecule has 1 heterocycles. The zero-order valence-corrected chi connectivity index (χ0v) is 15.8. The minimum absolute atomic E-state index is 0.142. The Bertz CT molecular complexity index is 834. The van der Waals surface area contributed by atoms with Crippen molar-refractivity contribution in [2.45, 2.75) is 25.5 Å². The monoisotopic (exact) mass is 375 g/mol. The Hall–Kier alpha value is -2.07. The zero-order chi connectivity index (χ0) is 18.4. The minimum Gasteiger partial charge on any atom is -0.380 e. The Morgan fingerprint density at radius 1 is 1.40 bits per heavy atom. The first-order valence-electron chi connectivity index (χ1n) is 7.53. The lowest BCUT2D eigenvalue weighted by atomic mass is 10.1. The first-order valence-corrected chi connectivity index (χ1v) is 8.89. The van der Waals surface area contributed by atoms with E-state index in [0.717, 1.165) is 16.8 Å². The van der Waals surface area contributed by atoms with Crippen LogP contribution in [0.25, 0.3) is 0 Å². The molecule has 5 nitrogen and oxygen atoms in total. The van der Waals surface area contributed by atoms with Crippen LogP contribution in [0.5, 0.6) is 0 Å². The number of halogens is 1. The largest absolute Gasteiger partial charge is 0.380 e. The van der Waals surface area contributed by atoms with Crippen LogP contribution in [0.15, 0.2) is 29.3 Å². The highest BCUT2D eigenvalue weighted by Crippen LogP contribution is 2.25. The molecule has 1 amide bonds. The molecule has 0 saturated carbocycles. The topological polar surface area (TPSA) is 75.0 Å². The summed E-state index contributed by atoms with van der Waals surface area (Å²) in [7, 11) is 1.57. The summed E-state index contributed by atoms with van der Waals surface area (Å²) in [5.41, 5.74) is 3.58.